The molecule has 24 heavy (non-hydrogen) atoms. The van der Waals surface area contributed by atoms with Crippen molar-refractivity contribution in [3.63, 3.8) is 0 Å². The van der Waals surface area contributed by atoms with Gasteiger partial charge in [-0.15, -0.1) is 0 Å². The van der Waals surface area contributed by atoms with E-state index in [0.717, 1.165) is 5.56 Å². The Hall–Kier alpha value is -3.35. The Morgan fingerprint density at radius 1 is 1.08 bits per heavy atom. The third-order valence-electron chi connectivity index (χ3n) is 3.15. The van der Waals surface area contributed by atoms with Gasteiger partial charge in [-0.2, -0.15) is 0 Å². The summed E-state index contributed by atoms with van der Waals surface area (Å²) in [5, 5.41) is 13.2. The van der Waals surface area contributed by atoms with Crippen LogP contribution in [-0.4, -0.2) is 25.1 Å². The zero-order valence-corrected chi connectivity index (χ0v) is 13.2. The average molecular weight is 328 g/mol. The molecule has 0 spiro atoms. The maximum atomic E-state index is 11.9. The highest BCUT2D eigenvalue weighted by atomic mass is 16.6. The molecule has 2 aromatic rings. The maximum absolute atomic E-state index is 11.9. The van der Waals surface area contributed by atoms with E-state index >= 15 is 0 Å². The highest BCUT2D eigenvalue weighted by Crippen LogP contribution is 2.23. The number of benzene rings is 2. The molecular formula is C17H16N2O5. The maximum Gasteiger partial charge on any atom is 0.269 e. The number of nitro groups is 1. The zero-order chi connectivity index (χ0) is 17.5. The molecule has 1 N–H and O–H groups in total. The van der Waals surface area contributed by atoms with E-state index in [-0.39, 0.29) is 11.6 Å². The predicted octanol–water partition coefficient (Wildman–Crippen LogP) is 3.26. The molecule has 2 aromatic carbocycles. The first-order chi connectivity index (χ1) is 11.5. The Bertz CT molecular complexity index is 747. The molecule has 1 amide bonds. The van der Waals surface area contributed by atoms with Crippen LogP contribution in [0.4, 0.5) is 11.4 Å². The highest BCUT2D eigenvalue weighted by Gasteiger charge is 2.05. The van der Waals surface area contributed by atoms with Crippen LogP contribution in [-0.2, 0) is 4.79 Å². The van der Waals surface area contributed by atoms with Crippen molar-refractivity contribution in [3.05, 3.63) is 64.2 Å². The van der Waals surface area contributed by atoms with Crippen molar-refractivity contribution in [2.24, 2.45) is 0 Å². The number of rotatable bonds is 6. The Morgan fingerprint density at radius 3 is 2.17 bits per heavy atom. The monoisotopic (exact) mass is 328 g/mol. The van der Waals surface area contributed by atoms with Crippen LogP contribution in [0.1, 0.15) is 5.56 Å². The summed E-state index contributed by atoms with van der Waals surface area (Å²) in [4.78, 5) is 22.0. The Labute approximate surface area is 138 Å². The molecule has 7 nitrogen and oxygen atoms in total. The number of methoxy groups -OCH3 is 2. The minimum atomic E-state index is -0.498. The topological polar surface area (TPSA) is 90.7 Å². The molecule has 0 aliphatic carbocycles. The van der Waals surface area contributed by atoms with E-state index in [4.69, 9.17) is 9.47 Å². The van der Waals surface area contributed by atoms with Crippen molar-refractivity contribution in [2.75, 3.05) is 19.5 Å². The first kappa shape index (κ1) is 17.0. The highest BCUT2D eigenvalue weighted by molar-refractivity contribution is 6.02. The van der Waals surface area contributed by atoms with Crippen LogP contribution in [0.3, 0.4) is 0 Å². The van der Waals surface area contributed by atoms with Gasteiger partial charge in [0, 0.05) is 30.0 Å². The largest absolute Gasteiger partial charge is 0.497 e. The average Bonchev–Trinajstić information content (AvgIpc) is 2.60. The number of hydrogen-bond donors (Lipinski definition) is 1. The molecule has 0 unspecified atom stereocenters. The number of nitrogens with one attached hydrogen (secondary N) is 1. The van der Waals surface area contributed by atoms with Crippen molar-refractivity contribution in [3.8, 4) is 11.5 Å². The number of carbonyl (C=O) groups is 1. The van der Waals surface area contributed by atoms with Gasteiger partial charge >= 0.3 is 0 Å². The molecule has 0 aliphatic heterocycles. The van der Waals surface area contributed by atoms with Crippen LogP contribution in [0.2, 0.25) is 0 Å². The van der Waals surface area contributed by atoms with Gasteiger partial charge in [0.25, 0.3) is 5.69 Å². The van der Waals surface area contributed by atoms with Crippen molar-refractivity contribution in [2.45, 2.75) is 0 Å². The Kier molecular flexibility index (Phi) is 5.51. The third-order valence-corrected chi connectivity index (χ3v) is 3.15. The van der Waals surface area contributed by atoms with Crippen LogP contribution >= 0.6 is 0 Å². The van der Waals surface area contributed by atoms with E-state index < -0.39 is 4.92 Å². The molecule has 0 saturated carbocycles. The van der Waals surface area contributed by atoms with Gasteiger partial charge in [0.05, 0.1) is 19.1 Å². The second-order valence-corrected chi connectivity index (χ2v) is 4.77. The van der Waals surface area contributed by atoms with E-state index in [1.54, 1.807) is 38.5 Å². The lowest BCUT2D eigenvalue weighted by atomic mass is 10.2. The molecule has 0 aromatic heterocycles. The smallest absolute Gasteiger partial charge is 0.269 e. The summed E-state index contributed by atoms with van der Waals surface area (Å²) in [7, 11) is 3.09. The van der Waals surface area contributed by atoms with Crippen LogP contribution in [0, 0.1) is 10.1 Å². The van der Waals surface area contributed by atoms with E-state index in [9.17, 15) is 14.9 Å². The van der Waals surface area contributed by atoms with Gasteiger partial charge in [0.2, 0.25) is 5.91 Å². The lowest BCUT2D eigenvalue weighted by molar-refractivity contribution is -0.384. The lowest BCUT2D eigenvalue weighted by Gasteiger charge is -2.06. The molecular weight excluding hydrogens is 312 g/mol. The number of nitro benzene ring substituents is 1. The van der Waals surface area contributed by atoms with Crippen LogP contribution in [0.5, 0.6) is 11.5 Å². The summed E-state index contributed by atoms with van der Waals surface area (Å²) in [6.45, 7) is 0. The molecule has 124 valence electrons. The van der Waals surface area contributed by atoms with Gasteiger partial charge in [-0.3, -0.25) is 14.9 Å². The number of anilines is 1. The first-order valence-corrected chi connectivity index (χ1v) is 6.98. The number of amides is 1. The summed E-state index contributed by atoms with van der Waals surface area (Å²) >= 11 is 0. The van der Waals surface area contributed by atoms with Gasteiger partial charge in [-0.1, -0.05) is 0 Å². The van der Waals surface area contributed by atoms with Crippen molar-refractivity contribution in [1.82, 2.24) is 0 Å². The fourth-order valence-corrected chi connectivity index (χ4v) is 1.95. The molecule has 0 heterocycles. The molecule has 0 bridgehead atoms. The molecule has 0 fully saturated rings. The van der Waals surface area contributed by atoms with Gasteiger partial charge < -0.3 is 14.8 Å². The van der Waals surface area contributed by atoms with Gasteiger partial charge in [0.1, 0.15) is 11.5 Å². The van der Waals surface area contributed by atoms with Crippen LogP contribution < -0.4 is 14.8 Å². The fourth-order valence-electron chi connectivity index (χ4n) is 1.95. The molecule has 0 saturated heterocycles. The summed E-state index contributed by atoms with van der Waals surface area (Å²) in [6.07, 6.45) is 2.97. The number of hydrogen-bond acceptors (Lipinski definition) is 5. The van der Waals surface area contributed by atoms with Gasteiger partial charge in [-0.25, -0.2) is 0 Å². The standard InChI is InChI=1S/C17H16N2O5/c1-23-15-9-12(10-16(11-15)24-2)3-8-17(20)18-13-4-6-14(7-5-13)19(21)22/h3-11H,1-2H3,(H,18,20)/b8-3+. The van der Waals surface area contributed by atoms with Crippen molar-refractivity contribution >= 4 is 23.4 Å². The minimum Gasteiger partial charge on any atom is -0.497 e. The van der Waals surface area contributed by atoms with E-state index in [1.165, 1.54) is 30.3 Å². The molecule has 2 rings (SSSR count). The normalized spacial score (nSPS) is 10.4. The number of non-ortho nitro benzene ring substituents is 1. The Morgan fingerprint density at radius 2 is 1.67 bits per heavy atom. The van der Waals surface area contributed by atoms with Crippen LogP contribution in [0.15, 0.2) is 48.5 Å². The van der Waals surface area contributed by atoms with Crippen LogP contribution in [0.25, 0.3) is 6.08 Å². The molecule has 0 aliphatic rings. The summed E-state index contributed by atoms with van der Waals surface area (Å²) in [5.41, 5.74) is 1.18. The third kappa shape index (κ3) is 4.57. The molecule has 0 radical (unpaired) electrons. The second kappa shape index (κ2) is 7.77. The molecule has 7 heteroatoms. The van der Waals surface area contributed by atoms with E-state index in [2.05, 4.69) is 5.32 Å². The fraction of sp³-hybridized carbons (Fsp3) is 0.118. The minimum absolute atomic E-state index is 0.0352. The second-order valence-electron chi connectivity index (χ2n) is 4.77. The summed E-state index contributed by atoms with van der Waals surface area (Å²) in [6, 6.07) is 10.8. The van der Waals surface area contributed by atoms with E-state index in [0.29, 0.717) is 17.2 Å². The Balaban J connectivity index is 2.06. The number of carbonyl (C=O) groups excluding carboxylic acids is 1. The van der Waals surface area contributed by atoms with Crippen molar-refractivity contribution in [1.29, 1.82) is 0 Å². The SMILES string of the molecule is COc1cc(/C=C/C(=O)Nc2ccc([N+](=O)[O-])cc2)cc(OC)c1. The lowest BCUT2D eigenvalue weighted by Crippen LogP contribution is -2.07. The van der Waals surface area contributed by atoms with Crippen molar-refractivity contribution < 1.29 is 19.2 Å². The molecule has 0 atom stereocenters. The van der Waals surface area contributed by atoms with E-state index in [1.807, 2.05) is 0 Å². The summed E-state index contributed by atoms with van der Waals surface area (Å²) < 4.78 is 10.3. The summed E-state index contributed by atoms with van der Waals surface area (Å²) in [5.74, 6) is 0.875. The number of ether oxygens (including phenoxy) is 2. The zero-order valence-electron chi connectivity index (χ0n) is 13.2. The quantitative estimate of drug-likeness (QED) is 0.499. The van der Waals surface area contributed by atoms with Gasteiger partial charge in [0.15, 0.2) is 0 Å². The predicted molar refractivity (Wildman–Crippen MR) is 90.3 cm³/mol. The first-order valence-electron chi connectivity index (χ1n) is 6.98. The number of nitrogens with zero attached hydrogens (tertiary/aromatic N) is 1. The van der Waals surface area contributed by atoms with Gasteiger partial charge in [-0.05, 0) is 35.9 Å².